The van der Waals surface area contributed by atoms with Crippen LogP contribution in [0, 0.1) is 6.92 Å². The smallest absolute Gasteiger partial charge is 0.207 e. The van der Waals surface area contributed by atoms with Crippen molar-refractivity contribution in [3.05, 3.63) is 39.0 Å². The predicted octanol–water partition coefficient (Wildman–Crippen LogP) is 5.58. The largest absolute Gasteiger partial charge is 0.325 e. The summed E-state index contributed by atoms with van der Waals surface area (Å²) >= 11 is 7.09. The van der Waals surface area contributed by atoms with E-state index in [1.807, 2.05) is 19.1 Å². The van der Waals surface area contributed by atoms with E-state index in [4.69, 9.17) is 0 Å². The second kappa shape index (κ2) is 5.90. The van der Waals surface area contributed by atoms with E-state index in [9.17, 15) is 0 Å². The first-order chi connectivity index (χ1) is 9.63. The van der Waals surface area contributed by atoms with Gasteiger partial charge in [-0.1, -0.05) is 28.8 Å². The van der Waals surface area contributed by atoms with Crippen LogP contribution in [0.2, 0.25) is 0 Å². The standard InChI is InChI=1S/C15H17Br2N3/c1-10-9-20(12-4-2-3-5-12)15(18-10)19-14-8-11(16)6-7-13(14)17/h6-9,12H,2-5H2,1H3,(H,18,19). The highest BCUT2D eigenvalue weighted by molar-refractivity contribution is 9.11. The van der Waals surface area contributed by atoms with Crippen LogP contribution in [0.1, 0.15) is 37.4 Å². The molecule has 0 atom stereocenters. The Kier molecular flexibility index (Phi) is 4.17. The van der Waals surface area contributed by atoms with E-state index in [1.165, 1.54) is 25.7 Å². The lowest BCUT2D eigenvalue weighted by atomic mass is 10.2. The maximum absolute atomic E-state index is 4.64. The fourth-order valence-corrected chi connectivity index (χ4v) is 3.49. The van der Waals surface area contributed by atoms with Crippen molar-refractivity contribution in [2.75, 3.05) is 5.32 Å². The molecule has 20 heavy (non-hydrogen) atoms. The molecule has 1 heterocycles. The highest BCUT2D eigenvalue weighted by Crippen LogP contribution is 2.34. The first kappa shape index (κ1) is 14.1. The zero-order chi connectivity index (χ0) is 14.1. The van der Waals surface area contributed by atoms with E-state index >= 15 is 0 Å². The van der Waals surface area contributed by atoms with Gasteiger partial charge in [-0.25, -0.2) is 4.98 Å². The van der Waals surface area contributed by atoms with E-state index in [2.05, 4.69) is 59.0 Å². The molecule has 2 aromatic rings. The summed E-state index contributed by atoms with van der Waals surface area (Å²) in [6.07, 6.45) is 7.31. The Labute approximate surface area is 136 Å². The van der Waals surface area contributed by atoms with Gasteiger partial charge in [0.2, 0.25) is 5.95 Å². The molecule has 0 aliphatic heterocycles. The van der Waals surface area contributed by atoms with Gasteiger partial charge in [0.25, 0.3) is 0 Å². The average Bonchev–Trinajstić information content (AvgIpc) is 3.03. The van der Waals surface area contributed by atoms with E-state index in [-0.39, 0.29) is 0 Å². The number of aryl methyl sites for hydroxylation is 1. The molecule has 1 saturated carbocycles. The van der Waals surface area contributed by atoms with Crippen LogP contribution in [-0.4, -0.2) is 9.55 Å². The Morgan fingerprint density at radius 2 is 2.00 bits per heavy atom. The van der Waals surface area contributed by atoms with Gasteiger partial charge in [-0.15, -0.1) is 0 Å². The zero-order valence-corrected chi connectivity index (χ0v) is 14.5. The molecule has 1 aromatic carbocycles. The molecule has 1 aliphatic rings. The van der Waals surface area contributed by atoms with Gasteiger partial charge in [0, 0.05) is 21.2 Å². The summed E-state index contributed by atoms with van der Waals surface area (Å²) in [6.45, 7) is 2.05. The molecule has 106 valence electrons. The number of anilines is 2. The lowest BCUT2D eigenvalue weighted by Crippen LogP contribution is -2.08. The van der Waals surface area contributed by atoms with Crippen LogP contribution in [0.25, 0.3) is 0 Å². The summed E-state index contributed by atoms with van der Waals surface area (Å²) in [5, 5.41) is 3.45. The molecule has 1 fully saturated rings. The molecule has 0 amide bonds. The number of nitrogens with one attached hydrogen (secondary N) is 1. The topological polar surface area (TPSA) is 29.9 Å². The molecule has 3 nitrogen and oxygen atoms in total. The van der Waals surface area contributed by atoms with Crippen molar-refractivity contribution in [1.29, 1.82) is 0 Å². The van der Waals surface area contributed by atoms with Gasteiger partial charge in [0.1, 0.15) is 0 Å². The molecule has 0 bridgehead atoms. The summed E-state index contributed by atoms with van der Waals surface area (Å²) in [5.41, 5.74) is 2.09. The minimum atomic E-state index is 0.588. The Morgan fingerprint density at radius 3 is 2.75 bits per heavy atom. The molecule has 1 aliphatic carbocycles. The van der Waals surface area contributed by atoms with Gasteiger partial charge >= 0.3 is 0 Å². The van der Waals surface area contributed by atoms with Crippen molar-refractivity contribution in [3.8, 4) is 0 Å². The summed E-state index contributed by atoms with van der Waals surface area (Å²) < 4.78 is 4.40. The average molecular weight is 399 g/mol. The first-order valence-electron chi connectivity index (χ1n) is 6.91. The highest BCUT2D eigenvalue weighted by atomic mass is 79.9. The van der Waals surface area contributed by atoms with Gasteiger partial charge in [-0.2, -0.15) is 0 Å². The van der Waals surface area contributed by atoms with Gasteiger partial charge < -0.3 is 9.88 Å². The van der Waals surface area contributed by atoms with Crippen molar-refractivity contribution >= 4 is 43.5 Å². The van der Waals surface area contributed by atoms with Gasteiger partial charge in [-0.05, 0) is 53.9 Å². The minimum Gasteiger partial charge on any atom is -0.325 e. The van der Waals surface area contributed by atoms with Crippen molar-refractivity contribution in [2.24, 2.45) is 0 Å². The molecular formula is C15H17Br2N3. The molecule has 1 N–H and O–H groups in total. The van der Waals surface area contributed by atoms with Crippen LogP contribution in [0.3, 0.4) is 0 Å². The maximum atomic E-state index is 4.64. The first-order valence-corrected chi connectivity index (χ1v) is 8.49. The summed E-state index contributed by atoms with van der Waals surface area (Å²) in [7, 11) is 0. The summed E-state index contributed by atoms with van der Waals surface area (Å²) in [5.74, 6) is 0.938. The monoisotopic (exact) mass is 397 g/mol. The van der Waals surface area contributed by atoms with Crippen LogP contribution in [-0.2, 0) is 0 Å². The molecule has 0 unspecified atom stereocenters. The van der Waals surface area contributed by atoms with Crippen LogP contribution in [0.15, 0.2) is 33.3 Å². The number of benzene rings is 1. The fourth-order valence-electron chi connectivity index (χ4n) is 2.78. The maximum Gasteiger partial charge on any atom is 0.207 e. The molecule has 0 spiro atoms. The second-order valence-corrected chi connectivity index (χ2v) is 7.07. The molecule has 3 rings (SSSR count). The van der Waals surface area contributed by atoms with Crippen LogP contribution in [0.4, 0.5) is 11.6 Å². The Morgan fingerprint density at radius 1 is 1.25 bits per heavy atom. The zero-order valence-electron chi connectivity index (χ0n) is 11.4. The predicted molar refractivity (Wildman–Crippen MR) is 89.6 cm³/mol. The molecule has 5 heteroatoms. The molecule has 0 radical (unpaired) electrons. The Balaban J connectivity index is 1.92. The van der Waals surface area contributed by atoms with E-state index in [0.29, 0.717) is 6.04 Å². The molecule has 0 saturated heterocycles. The van der Waals surface area contributed by atoms with Crippen molar-refractivity contribution < 1.29 is 0 Å². The number of rotatable bonds is 3. The number of halogens is 2. The molecule has 1 aromatic heterocycles. The summed E-state index contributed by atoms with van der Waals surface area (Å²) in [4.78, 5) is 4.64. The van der Waals surface area contributed by atoms with Gasteiger partial charge in [0.05, 0.1) is 11.4 Å². The lowest BCUT2D eigenvalue weighted by molar-refractivity contribution is 0.524. The van der Waals surface area contributed by atoms with Crippen LogP contribution < -0.4 is 5.32 Å². The fraction of sp³-hybridized carbons (Fsp3) is 0.400. The van der Waals surface area contributed by atoms with Crippen molar-refractivity contribution in [3.63, 3.8) is 0 Å². The molecular weight excluding hydrogens is 382 g/mol. The van der Waals surface area contributed by atoms with E-state index < -0.39 is 0 Å². The van der Waals surface area contributed by atoms with Crippen LogP contribution in [0.5, 0.6) is 0 Å². The Bertz CT molecular complexity index is 616. The summed E-state index contributed by atoms with van der Waals surface area (Å²) in [6, 6.07) is 6.70. The SMILES string of the molecule is Cc1cn(C2CCCC2)c(Nc2cc(Br)ccc2Br)n1. The van der Waals surface area contributed by atoms with E-state index in [0.717, 1.165) is 26.3 Å². The van der Waals surface area contributed by atoms with Gasteiger partial charge in [0.15, 0.2) is 0 Å². The third kappa shape index (κ3) is 2.93. The number of aromatic nitrogens is 2. The number of nitrogens with zero attached hydrogens (tertiary/aromatic N) is 2. The van der Waals surface area contributed by atoms with E-state index in [1.54, 1.807) is 0 Å². The van der Waals surface area contributed by atoms with Gasteiger partial charge in [-0.3, -0.25) is 0 Å². The van der Waals surface area contributed by atoms with Crippen molar-refractivity contribution in [1.82, 2.24) is 9.55 Å². The number of hydrogen-bond acceptors (Lipinski definition) is 2. The third-order valence-corrected chi connectivity index (χ3v) is 4.93. The Hall–Kier alpha value is -0.810. The van der Waals surface area contributed by atoms with Crippen molar-refractivity contribution in [2.45, 2.75) is 38.6 Å². The quantitative estimate of drug-likeness (QED) is 0.731. The second-order valence-electron chi connectivity index (χ2n) is 5.30. The normalized spacial score (nSPS) is 15.8. The number of imidazole rings is 1. The minimum absolute atomic E-state index is 0.588. The highest BCUT2D eigenvalue weighted by Gasteiger charge is 2.20. The van der Waals surface area contributed by atoms with Crippen LogP contribution >= 0.6 is 31.9 Å². The third-order valence-electron chi connectivity index (χ3n) is 3.75. The lowest BCUT2D eigenvalue weighted by Gasteiger charge is -2.16. The number of hydrogen-bond donors (Lipinski definition) is 1.